The fourth-order valence-corrected chi connectivity index (χ4v) is 4.56. The van der Waals surface area contributed by atoms with Gasteiger partial charge in [-0.25, -0.2) is 4.79 Å². The van der Waals surface area contributed by atoms with Crippen LogP contribution in [-0.4, -0.2) is 22.6 Å². The van der Waals surface area contributed by atoms with Crippen LogP contribution < -0.4 is 5.32 Å². The largest absolute Gasteiger partial charge is 0.508 e. The van der Waals surface area contributed by atoms with Crippen LogP contribution in [0.1, 0.15) is 81.5 Å². The predicted molar refractivity (Wildman–Crippen MR) is 146 cm³/mol. The number of benzene rings is 3. The van der Waals surface area contributed by atoms with Gasteiger partial charge in [-0.05, 0) is 52.1 Å². The summed E-state index contributed by atoms with van der Waals surface area (Å²) in [4.78, 5) is 15.8. The Morgan fingerprint density at radius 2 is 1.37 bits per heavy atom. The molecule has 4 heteroatoms. The van der Waals surface area contributed by atoms with E-state index in [9.17, 15) is 9.90 Å². The Hall–Kier alpha value is -3.27. The molecular formula is C31H40N2O2. The van der Waals surface area contributed by atoms with Crippen molar-refractivity contribution in [3.05, 3.63) is 95.1 Å². The first-order valence-electron chi connectivity index (χ1n) is 12.7. The summed E-state index contributed by atoms with van der Waals surface area (Å²) in [6, 6.07) is 23.7. The number of amides is 2. The van der Waals surface area contributed by atoms with Crippen molar-refractivity contribution in [2.45, 2.75) is 65.8 Å². The quantitative estimate of drug-likeness (QED) is 0.330. The highest BCUT2D eigenvalue weighted by molar-refractivity contribution is 5.91. The lowest BCUT2D eigenvalue weighted by molar-refractivity contribution is 0.200. The number of hydrogen-bond donors (Lipinski definition) is 2. The summed E-state index contributed by atoms with van der Waals surface area (Å²) < 4.78 is 0. The van der Waals surface area contributed by atoms with E-state index < -0.39 is 0 Å². The average Bonchev–Trinajstić information content (AvgIpc) is 2.83. The molecule has 0 bridgehead atoms. The minimum absolute atomic E-state index is 0.102. The fourth-order valence-electron chi connectivity index (χ4n) is 4.56. The number of carbonyl (C=O) groups excluding carboxylic acids is 1. The summed E-state index contributed by atoms with van der Waals surface area (Å²) in [5.74, 6) is 1.37. The summed E-state index contributed by atoms with van der Waals surface area (Å²) in [5.41, 5.74) is 5.44. The fraction of sp³-hybridized carbons (Fsp3) is 0.387. The van der Waals surface area contributed by atoms with E-state index in [0.29, 0.717) is 30.8 Å². The first-order chi connectivity index (χ1) is 16.7. The van der Waals surface area contributed by atoms with Gasteiger partial charge in [-0.1, -0.05) is 102 Å². The molecular weight excluding hydrogens is 432 g/mol. The number of phenolic OH excluding ortho intramolecular Hbond substituents is 1. The standard InChI is InChI=1S/C31H40N2O2/c1-21(2)27-13-10-14-28(22(3)4)30(27)32-31(35)33(19-24-15-17-26(34)18-16-24)20-29(23(5)6)25-11-8-7-9-12-25/h7-18,21-23,29,34H,19-20H2,1-6H3,(H,32,35). The Balaban J connectivity index is 1.97. The second kappa shape index (κ2) is 11.9. The maximum atomic E-state index is 13.9. The van der Waals surface area contributed by atoms with Gasteiger partial charge in [0.25, 0.3) is 0 Å². The van der Waals surface area contributed by atoms with Crippen LogP contribution in [0.3, 0.4) is 0 Å². The van der Waals surface area contributed by atoms with Crippen molar-refractivity contribution < 1.29 is 9.90 Å². The third-order valence-corrected chi connectivity index (χ3v) is 6.65. The molecule has 0 radical (unpaired) electrons. The van der Waals surface area contributed by atoms with Gasteiger partial charge in [0.1, 0.15) is 5.75 Å². The van der Waals surface area contributed by atoms with Crippen LogP contribution in [-0.2, 0) is 6.54 Å². The highest BCUT2D eigenvalue weighted by Gasteiger charge is 2.25. The lowest BCUT2D eigenvalue weighted by atomic mass is 9.88. The Morgan fingerprint density at radius 3 is 1.89 bits per heavy atom. The van der Waals surface area contributed by atoms with Gasteiger partial charge in [0.15, 0.2) is 0 Å². The molecule has 3 aromatic carbocycles. The molecule has 0 aromatic heterocycles. The van der Waals surface area contributed by atoms with Crippen LogP contribution in [0.2, 0.25) is 0 Å². The van der Waals surface area contributed by atoms with Crippen LogP contribution >= 0.6 is 0 Å². The van der Waals surface area contributed by atoms with E-state index >= 15 is 0 Å². The zero-order valence-electron chi connectivity index (χ0n) is 22.0. The second-order valence-electron chi connectivity index (χ2n) is 10.4. The lowest BCUT2D eigenvalue weighted by Crippen LogP contribution is -2.39. The molecule has 4 nitrogen and oxygen atoms in total. The zero-order chi connectivity index (χ0) is 25.5. The van der Waals surface area contributed by atoms with Crippen molar-refractivity contribution >= 4 is 11.7 Å². The highest BCUT2D eigenvalue weighted by Crippen LogP contribution is 2.33. The SMILES string of the molecule is CC(C)c1cccc(C(C)C)c1NC(=O)N(Cc1ccc(O)cc1)CC(c1ccccc1)C(C)C. The maximum Gasteiger partial charge on any atom is 0.322 e. The first kappa shape index (κ1) is 26.3. The first-order valence-corrected chi connectivity index (χ1v) is 12.7. The van der Waals surface area contributed by atoms with E-state index in [2.05, 4.69) is 89.3 Å². The molecule has 0 saturated heterocycles. The van der Waals surface area contributed by atoms with E-state index in [1.54, 1.807) is 12.1 Å². The molecule has 1 unspecified atom stereocenters. The number of rotatable bonds is 9. The van der Waals surface area contributed by atoms with Crippen LogP contribution in [0.25, 0.3) is 0 Å². The number of nitrogens with one attached hydrogen (secondary N) is 1. The van der Waals surface area contributed by atoms with Crippen molar-refractivity contribution in [2.24, 2.45) is 5.92 Å². The molecule has 1 atom stereocenters. The monoisotopic (exact) mass is 472 g/mol. The van der Waals surface area contributed by atoms with Crippen LogP contribution in [0.5, 0.6) is 5.75 Å². The van der Waals surface area contributed by atoms with E-state index in [4.69, 9.17) is 0 Å². The smallest absolute Gasteiger partial charge is 0.322 e. The van der Waals surface area contributed by atoms with E-state index in [0.717, 1.165) is 22.4 Å². The summed E-state index contributed by atoms with van der Waals surface area (Å²) in [7, 11) is 0. The molecule has 3 rings (SSSR count). The third kappa shape index (κ3) is 6.88. The number of anilines is 1. The molecule has 35 heavy (non-hydrogen) atoms. The molecule has 0 saturated carbocycles. The number of phenols is 1. The number of para-hydroxylation sites is 1. The Morgan fingerprint density at radius 1 is 0.800 bits per heavy atom. The lowest BCUT2D eigenvalue weighted by Gasteiger charge is -2.31. The molecule has 0 heterocycles. The highest BCUT2D eigenvalue weighted by atomic mass is 16.3. The molecule has 0 aliphatic heterocycles. The molecule has 3 aromatic rings. The zero-order valence-corrected chi connectivity index (χ0v) is 22.0. The van der Waals surface area contributed by atoms with Crippen molar-refractivity contribution in [3.63, 3.8) is 0 Å². The van der Waals surface area contributed by atoms with Crippen molar-refractivity contribution in [3.8, 4) is 5.75 Å². The molecule has 0 fully saturated rings. The molecule has 2 N–H and O–H groups in total. The van der Waals surface area contributed by atoms with E-state index in [1.165, 1.54) is 5.56 Å². The Kier molecular flexibility index (Phi) is 8.97. The number of aromatic hydroxyl groups is 1. The number of urea groups is 1. The minimum atomic E-state index is -0.102. The van der Waals surface area contributed by atoms with Gasteiger partial charge in [-0.3, -0.25) is 0 Å². The van der Waals surface area contributed by atoms with Gasteiger partial charge in [-0.15, -0.1) is 0 Å². The van der Waals surface area contributed by atoms with Crippen molar-refractivity contribution in [1.29, 1.82) is 0 Å². The number of carbonyl (C=O) groups is 1. The molecule has 0 aliphatic rings. The van der Waals surface area contributed by atoms with Crippen molar-refractivity contribution in [1.82, 2.24) is 4.90 Å². The normalized spacial score (nSPS) is 12.3. The topological polar surface area (TPSA) is 52.6 Å². The van der Waals surface area contributed by atoms with E-state index in [1.807, 2.05) is 23.1 Å². The summed E-state index contributed by atoms with van der Waals surface area (Å²) in [5, 5.41) is 13.0. The van der Waals surface area contributed by atoms with Crippen molar-refractivity contribution in [2.75, 3.05) is 11.9 Å². The third-order valence-electron chi connectivity index (χ3n) is 6.65. The molecule has 186 valence electrons. The van der Waals surface area contributed by atoms with Gasteiger partial charge in [0, 0.05) is 24.7 Å². The summed E-state index contributed by atoms with van der Waals surface area (Å²) in [6.07, 6.45) is 0. The average molecular weight is 473 g/mol. The van der Waals surface area contributed by atoms with Gasteiger partial charge < -0.3 is 15.3 Å². The minimum Gasteiger partial charge on any atom is -0.508 e. The molecule has 0 aliphatic carbocycles. The predicted octanol–water partition coefficient (Wildman–Crippen LogP) is 8.11. The summed E-state index contributed by atoms with van der Waals surface area (Å²) >= 11 is 0. The molecule has 0 spiro atoms. The van der Waals surface area contributed by atoms with Gasteiger partial charge in [0.05, 0.1) is 0 Å². The van der Waals surface area contributed by atoms with Crippen LogP contribution in [0, 0.1) is 5.92 Å². The second-order valence-corrected chi connectivity index (χ2v) is 10.4. The Bertz CT molecular complexity index is 1060. The Labute approximate surface area is 211 Å². The van der Waals surface area contributed by atoms with Gasteiger partial charge >= 0.3 is 6.03 Å². The number of nitrogens with zero attached hydrogens (tertiary/aromatic N) is 1. The van der Waals surface area contributed by atoms with Gasteiger partial charge in [0.2, 0.25) is 0 Å². The van der Waals surface area contributed by atoms with Gasteiger partial charge in [-0.2, -0.15) is 0 Å². The number of hydrogen-bond acceptors (Lipinski definition) is 2. The van der Waals surface area contributed by atoms with Crippen LogP contribution in [0.4, 0.5) is 10.5 Å². The summed E-state index contributed by atoms with van der Waals surface area (Å²) in [6.45, 7) is 14.1. The molecule has 2 amide bonds. The maximum absolute atomic E-state index is 13.9. The van der Waals surface area contributed by atoms with Crippen LogP contribution in [0.15, 0.2) is 72.8 Å². The van der Waals surface area contributed by atoms with E-state index in [-0.39, 0.29) is 17.7 Å².